The van der Waals surface area contributed by atoms with Gasteiger partial charge in [0.15, 0.2) is 6.29 Å². The Labute approximate surface area is 74.4 Å². The summed E-state index contributed by atoms with van der Waals surface area (Å²) in [7, 11) is 3.45. The molecule has 1 rings (SSSR count). The summed E-state index contributed by atoms with van der Waals surface area (Å²) >= 11 is 0. The van der Waals surface area contributed by atoms with E-state index in [0.717, 1.165) is 0 Å². The quantitative estimate of drug-likeness (QED) is 0.610. The van der Waals surface area contributed by atoms with Crippen molar-refractivity contribution in [3.05, 3.63) is 0 Å². The zero-order valence-electron chi connectivity index (χ0n) is 8.01. The Morgan fingerprint density at radius 3 is 1.92 bits per heavy atom. The molecule has 0 heterocycles. The van der Waals surface area contributed by atoms with Gasteiger partial charge in [0.05, 0.1) is 0 Å². The summed E-state index contributed by atoms with van der Waals surface area (Å²) in [5.74, 6) is 0.638. The Balaban J connectivity index is 0.00000121. The Hall–Kier alpha value is -0.120. The number of hydrogen-bond acceptors (Lipinski definition) is 2. The highest BCUT2D eigenvalue weighted by molar-refractivity contribution is 4.68. The lowest BCUT2D eigenvalue weighted by Crippen LogP contribution is -2.26. The van der Waals surface area contributed by atoms with Gasteiger partial charge < -0.3 is 14.9 Å². The van der Waals surface area contributed by atoms with Crippen molar-refractivity contribution < 1.29 is 14.9 Å². The predicted molar refractivity (Wildman–Crippen MR) is 48.0 cm³/mol. The van der Waals surface area contributed by atoms with Gasteiger partial charge in [-0.15, -0.1) is 0 Å². The second-order valence-electron chi connectivity index (χ2n) is 3.24. The second-order valence-corrected chi connectivity index (χ2v) is 3.24. The normalized spacial score (nSPS) is 19.2. The maximum Gasteiger partial charge on any atom is 0.159 e. The van der Waals surface area contributed by atoms with E-state index in [0.29, 0.717) is 5.92 Å². The van der Waals surface area contributed by atoms with Crippen molar-refractivity contribution in [1.82, 2.24) is 0 Å². The second kappa shape index (κ2) is 6.40. The van der Waals surface area contributed by atoms with Gasteiger partial charge in [0.25, 0.3) is 0 Å². The zero-order valence-corrected chi connectivity index (χ0v) is 8.01. The molecule has 0 aromatic rings. The van der Waals surface area contributed by atoms with E-state index < -0.39 is 0 Å². The minimum Gasteiger partial charge on any atom is -0.412 e. The summed E-state index contributed by atoms with van der Waals surface area (Å²) in [5, 5.41) is 0. The molecule has 0 amide bonds. The summed E-state index contributed by atoms with van der Waals surface area (Å²) in [6.45, 7) is 0. The van der Waals surface area contributed by atoms with Crippen LogP contribution in [0.4, 0.5) is 0 Å². The molecule has 0 aromatic heterocycles. The molecule has 0 aromatic carbocycles. The van der Waals surface area contributed by atoms with Crippen LogP contribution < -0.4 is 0 Å². The van der Waals surface area contributed by atoms with Crippen LogP contribution in [0.1, 0.15) is 32.1 Å². The van der Waals surface area contributed by atoms with Crippen molar-refractivity contribution in [2.75, 3.05) is 14.2 Å². The lowest BCUT2D eigenvalue weighted by Gasteiger charge is -2.27. The van der Waals surface area contributed by atoms with Gasteiger partial charge in [-0.05, 0) is 12.8 Å². The minimum absolute atomic E-state index is 0. The van der Waals surface area contributed by atoms with Crippen molar-refractivity contribution in [2.45, 2.75) is 38.4 Å². The molecule has 0 spiro atoms. The van der Waals surface area contributed by atoms with Gasteiger partial charge >= 0.3 is 0 Å². The molecule has 0 unspecified atom stereocenters. The molecule has 0 radical (unpaired) electrons. The third-order valence-electron chi connectivity index (χ3n) is 2.50. The van der Waals surface area contributed by atoms with Crippen LogP contribution in [0.15, 0.2) is 0 Å². The monoisotopic (exact) mass is 176 g/mol. The number of methoxy groups -OCH3 is 2. The molecule has 1 aliphatic rings. The molecule has 3 heteroatoms. The molecule has 0 atom stereocenters. The Morgan fingerprint density at radius 1 is 1.00 bits per heavy atom. The maximum atomic E-state index is 5.22. The largest absolute Gasteiger partial charge is 0.412 e. The molecule has 2 N–H and O–H groups in total. The fraction of sp³-hybridized carbons (Fsp3) is 1.00. The highest BCUT2D eigenvalue weighted by Crippen LogP contribution is 2.27. The van der Waals surface area contributed by atoms with Crippen molar-refractivity contribution >= 4 is 0 Å². The van der Waals surface area contributed by atoms with E-state index in [1.54, 1.807) is 14.2 Å². The first-order valence-corrected chi connectivity index (χ1v) is 4.44. The first-order valence-electron chi connectivity index (χ1n) is 4.44. The standard InChI is InChI=1S/C9H18O2.H2O/c1-10-9(11-2)8-6-4-3-5-7-8;/h8-9H,3-7H2,1-2H3;1H2. The first-order chi connectivity index (χ1) is 5.38. The molecular formula is C9H20O3. The lowest BCUT2D eigenvalue weighted by molar-refractivity contribution is -0.143. The predicted octanol–water partition coefficient (Wildman–Crippen LogP) is 1.36. The molecular weight excluding hydrogens is 156 g/mol. The molecule has 74 valence electrons. The van der Waals surface area contributed by atoms with Crippen LogP contribution in [-0.2, 0) is 9.47 Å². The zero-order chi connectivity index (χ0) is 8.10. The molecule has 0 aliphatic heterocycles. The Kier molecular flexibility index (Phi) is 6.34. The van der Waals surface area contributed by atoms with E-state index >= 15 is 0 Å². The maximum absolute atomic E-state index is 5.22. The van der Waals surface area contributed by atoms with Crippen molar-refractivity contribution in [3.8, 4) is 0 Å². The van der Waals surface area contributed by atoms with Crippen LogP contribution in [0, 0.1) is 5.92 Å². The minimum atomic E-state index is 0. The highest BCUT2D eigenvalue weighted by Gasteiger charge is 2.22. The van der Waals surface area contributed by atoms with E-state index in [1.165, 1.54) is 32.1 Å². The number of rotatable bonds is 3. The number of hydrogen-bond donors (Lipinski definition) is 0. The van der Waals surface area contributed by atoms with Crippen LogP contribution in [0.3, 0.4) is 0 Å². The molecule has 1 fully saturated rings. The van der Waals surface area contributed by atoms with Gasteiger partial charge in [-0.3, -0.25) is 0 Å². The third-order valence-corrected chi connectivity index (χ3v) is 2.50. The van der Waals surface area contributed by atoms with Gasteiger partial charge in [-0.1, -0.05) is 19.3 Å². The molecule has 1 saturated carbocycles. The fourth-order valence-corrected chi connectivity index (χ4v) is 1.89. The van der Waals surface area contributed by atoms with E-state index in [2.05, 4.69) is 0 Å². The first kappa shape index (κ1) is 11.9. The van der Waals surface area contributed by atoms with E-state index in [4.69, 9.17) is 9.47 Å². The van der Waals surface area contributed by atoms with Gasteiger partial charge in [0, 0.05) is 20.1 Å². The van der Waals surface area contributed by atoms with Gasteiger partial charge in [-0.25, -0.2) is 0 Å². The smallest absolute Gasteiger partial charge is 0.159 e. The van der Waals surface area contributed by atoms with E-state index in [1.807, 2.05) is 0 Å². The lowest BCUT2D eigenvalue weighted by atomic mass is 9.89. The van der Waals surface area contributed by atoms with Crippen LogP contribution in [0.25, 0.3) is 0 Å². The van der Waals surface area contributed by atoms with Crippen molar-refractivity contribution in [3.63, 3.8) is 0 Å². The molecule has 1 aliphatic carbocycles. The van der Waals surface area contributed by atoms with Gasteiger partial charge in [0.1, 0.15) is 0 Å². The van der Waals surface area contributed by atoms with Crippen LogP contribution >= 0.6 is 0 Å². The Morgan fingerprint density at radius 2 is 1.50 bits per heavy atom. The summed E-state index contributed by atoms with van der Waals surface area (Å²) in [6.07, 6.45) is 6.65. The van der Waals surface area contributed by atoms with Crippen molar-refractivity contribution in [1.29, 1.82) is 0 Å². The van der Waals surface area contributed by atoms with E-state index in [9.17, 15) is 0 Å². The summed E-state index contributed by atoms with van der Waals surface area (Å²) in [6, 6.07) is 0. The SMILES string of the molecule is COC(OC)C1CCCCC1.O. The summed E-state index contributed by atoms with van der Waals surface area (Å²) in [4.78, 5) is 0. The van der Waals surface area contributed by atoms with E-state index in [-0.39, 0.29) is 11.8 Å². The summed E-state index contributed by atoms with van der Waals surface area (Å²) in [5.41, 5.74) is 0. The highest BCUT2D eigenvalue weighted by atomic mass is 16.7. The Bertz CT molecular complexity index is 95.9. The topological polar surface area (TPSA) is 50.0 Å². The molecule has 12 heavy (non-hydrogen) atoms. The van der Waals surface area contributed by atoms with Crippen LogP contribution in [-0.4, -0.2) is 26.0 Å². The third kappa shape index (κ3) is 3.09. The molecule has 3 nitrogen and oxygen atoms in total. The average Bonchev–Trinajstić information content (AvgIpc) is 2.09. The average molecular weight is 176 g/mol. The van der Waals surface area contributed by atoms with Crippen LogP contribution in [0.2, 0.25) is 0 Å². The van der Waals surface area contributed by atoms with Crippen LogP contribution in [0.5, 0.6) is 0 Å². The fourth-order valence-electron chi connectivity index (χ4n) is 1.89. The van der Waals surface area contributed by atoms with Crippen molar-refractivity contribution in [2.24, 2.45) is 5.92 Å². The summed E-state index contributed by atoms with van der Waals surface area (Å²) < 4.78 is 10.4. The molecule has 0 saturated heterocycles. The molecule has 0 bridgehead atoms. The number of ether oxygens (including phenoxy) is 2. The van der Waals surface area contributed by atoms with Gasteiger partial charge in [-0.2, -0.15) is 0 Å². The van der Waals surface area contributed by atoms with Gasteiger partial charge in [0.2, 0.25) is 0 Å².